The van der Waals surface area contributed by atoms with Crippen molar-refractivity contribution in [2.75, 3.05) is 37.6 Å². The summed E-state index contributed by atoms with van der Waals surface area (Å²) in [5, 5.41) is 4.10. The van der Waals surface area contributed by atoms with Crippen LogP contribution in [0.2, 0.25) is 0 Å². The fraction of sp³-hybridized carbons (Fsp3) is 0.643. The van der Waals surface area contributed by atoms with Gasteiger partial charge in [0.15, 0.2) is 5.82 Å². The molecule has 0 radical (unpaired) electrons. The molecule has 1 fully saturated rings. The van der Waals surface area contributed by atoms with Gasteiger partial charge in [0.25, 0.3) is 5.56 Å². The van der Waals surface area contributed by atoms with E-state index in [-0.39, 0.29) is 11.7 Å². The Hall–Kier alpha value is -1.89. The number of piperazine rings is 1. The number of nitrogens with one attached hydrogen (secondary N) is 1. The molecule has 0 spiro atoms. The largest absolute Gasteiger partial charge is 0.391 e. The molecule has 7 nitrogen and oxygen atoms in total. The molecule has 1 aromatic rings. The Bertz CT molecular complexity index is 562. The lowest BCUT2D eigenvalue weighted by molar-refractivity contribution is 0.0510. The predicted octanol–water partition coefficient (Wildman–Crippen LogP) is 0.447. The molecule has 3 rings (SSSR count). The summed E-state index contributed by atoms with van der Waals surface area (Å²) in [6.07, 6.45) is 5.28. The fourth-order valence-corrected chi connectivity index (χ4v) is 2.79. The van der Waals surface area contributed by atoms with Gasteiger partial charge in [-0.15, -0.1) is 0 Å². The average molecular weight is 291 g/mol. The number of rotatable bonds is 4. The van der Waals surface area contributed by atoms with Crippen LogP contribution in [-0.2, 0) is 4.84 Å². The van der Waals surface area contributed by atoms with E-state index in [1.807, 2.05) is 4.90 Å². The molecule has 1 aromatic heterocycles. The molecule has 1 N–H and O–H groups in total. The maximum Gasteiger partial charge on any atom is 0.290 e. The molecule has 1 saturated heterocycles. The van der Waals surface area contributed by atoms with Crippen LogP contribution in [0.3, 0.4) is 0 Å². The summed E-state index contributed by atoms with van der Waals surface area (Å²) in [6, 6.07) is 0. The zero-order chi connectivity index (χ0) is 14.7. The SMILES string of the molecule is CCC1=NO[C@H](CN2CCN(c3ncc[nH]c3=O)CC2)C1. The van der Waals surface area contributed by atoms with Gasteiger partial charge in [0, 0.05) is 51.5 Å². The fourth-order valence-electron chi connectivity index (χ4n) is 2.79. The van der Waals surface area contributed by atoms with Crippen LogP contribution in [0.5, 0.6) is 0 Å². The van der Waals surface area contributed by atoms with E-state index in [4.69, 9.17) is 4.84 Å². The summed E-state index contributed by atoms with van der Waals surface area (Å²) >= 11 is 0. The minimum Gasteiger partial charge on any atom is -0.391 e. The van der Waals surface area contributed by atoms with Crippen LogP contribution < -0.4 is 10.5 Å². The van der Waals surface area contributed by atoms with E-state index in [1.54, 1.807) is 12.4 Å². The quantitative estimate of drug-likeness (QED) is 0.871. The maximum absolute atomic E-state index is 11.7. The van der Waals surface area contributed by atoms with Crippen molar-refractivity contribution in [2.24, 2.45) is 5.16 Å². The molecular formula is C14H21N5O2. The second-order valence-electron chi connectivity index (χ2n) is 5.47. The summed E-state index contributed by atoms with van der Waals surface area (Å²) < 4.78 is 0. The molecule has 21 heavy (non-hydrogen) atoms. The smallest absolute Gasteiger partial charge is 0.290 e. The molecule has 0 unspecified atom stereocenters. The molecule has 0 aliphatic carbocycles. The zero-order valence-electron chi connectivity index (χ0n) is 12.3. The van der Waals surface area contributed by atoms with E-state index in [0.717, 1.165) is 51.3 Å². The highest BCUT2D eigenvalue weighted by molar-refractivity contribution is 5.85. The normalized spacial score (nSPS) is 23.0. The van der Waals surface area contributed by atoms with Gasteiger partial charge in [-0.25, -0.2) is 4.98 Å². The van der Waals surface area contributed by atoms with Crippen LogP contribution in [0, 0.1) is 0 Å². The lowest BCUT2D eigenvalue weighted by Crippen LogP contribution is -2.50. The van der Waals surface area contributed by atoms with Crippen molar-refractivity contribution in [3.05, 3.63) is 22.7 Å². The van der Waals surface area contributed by atoms with E-state index < -0.39 is 0 Å². The highest BCUT2D eigenvalue weighted by atomic mass is 16.6. The molecular weight excluding hydrogens is 270 g/mol. The summed E-state index contributed by atoms with van der Waals surface area (Å²) in [4.78, 5) is 28.4. The van der Waals surface area contributed by atoms with Gasteiger partial charge in [-0.3, -0.25) is 9.69 Å². The third-order valence-corrected chi connectivity index (χ3v) is 4.02. The van der Waals surface area contributed by atoms with Gasteiger partial charge in [0.1, 0.15) is 6.10 Å². The van der Waals surface area contributed by atoms with Gasteiger partial charge < -0.3 is 14.7 Å². The second kappa shape index (κ2) is 6.26. The summed E-state index contributed by atoms with van der Waals surface area (Å²) in [5.74, 6) is 0.519. The van der Waals surface area contributed by atoms with E-state index in [9.17, 15) is 4.79 Å². The lowest BCUT2D eigenvalue weighted by atomic mass is 10.1. The predicted molar refractivity (Wildman–Crippen MR) is 80.7 cm³/mol. The van der Waals surface area contributed by atoms with Crippen molar-refractivity contribution in [3.63, 3.8) is 0 Å². The van der Waals surface area contributed by atoms with Crippen LogP contribution in [-0.4, -0.2) is 59.4 Å². The molecule has 0 bridgehead atoms. The number of hydrogen-bond donors (Lipinski definition) is 1. The number of H-pyrrole nitrogens is 1. The van der Waals surface area contributed by atoms with Crippen LogP contribution >= 0.6 is 0 Å². The number of nitrogens with zero attached hydrogens (tertiary/aromatic N) is 4. The standard InChI is InChI=1S/C14H21N5O2/c1-2-11-9-12(21-17-11)10-18-5-7-19(8-6-18)13-14(20)16-4-3-15-13/h3-4,12H,2,5-10H2,1H3,(H,16,20)/t12-/m0/s1. The maximum atomic E-state index is 11.7. The number of anilines is 1. The molecule has 0 aromatic carbocycles. The first-order valence-electron chi connectivity index (χ1n) is 7.49. The first-order valence-corrected chi connectivity index (χ1v) is 7.49. The number of oxime groups is 1. The summed E-state index contributed by atoms with van der Waals surface area (Å²) in [6.45, 7) is 6.46. The summed E-state index contributed by atoms with van der Waals surface area (Å²) in [5.41, 5.74) is 1.03. The van der Waals surface area contributed by atoms with Crippen molar-refractivity contribution in [3.8, 4) is 0 Å². The van der Waals surface area contributed by atoms with Crippen molar-refractivity contribution in [2.45, 2.75) is 25.9 Å². The van der Waals surface area contributed by atoms with E-state index >= 15 is 0 Å². The van der Waals surface area contributed by atoms with Crippen molar-refractivity contribution in [1.29, 1.82) is 0 Å². The first kappa shape index (κ1) is 14.1. The Balaban J connectivity index is 1.50. The van der Waals surface area contributed by atoms with Crippen LogP contribution in [0.4, 0.5) is 5.82 Å². The second-order valence-corrected chi connectivity index (χ2v) is 5.47. The molecule has 0 amide bonds. The van der Waals surface area contributed by atoms with Crippen molar-refractivity contribution < 1.29 is 4.84 Å². The van der Waals surface area contributed by atoms with E-state index in [0.29, 0.717) is 5.82 Å². The summed E-state index contributed by atoms with van der Waals surface area (Å²) in [7, 11) is 0. The average Bonchev–Trinajstić information content (AvgIpc) is 2.96. The molecule has 0 saturated carbocycles. The van der Waals surface area contributed by atoms with Gasteiger partial charge in [0.05, 0.1) is 5.71 Å². The Morgan fingerprint density at radius 2 is 2.19 bits per heavy atom. The highest BCUT2D eigenvalue weighted by Gasteiger charge is 2.26. The van der Waals surface area contributed by atoms with Gasteiger partial charge in [-0.2, -0.15) is 0 Å². The topological polar surface area (TPSA) is 73.8 Å². The Labute approximate surface area is 123 Å². The molecule has 7 heteroatoms. The number of aromatic amines is 1. The molecule has 1 atom stereocenters. The van der Waals surface area contributed by atoms with E-state index in [1.165, 1.54) is 0 Å². The first-order chi connectivity index (χ1) is 10.3. The van der Waals surface area contributed by atoms with Crippen LogP contribution in [0.25, 0.3) is 0 Å². The van der Waals surface area contributed by atoms with Crippen molar-refractivity contribution in [1.82, 2.24) is 14.9 Å². The minimum absolute atomic E-state index is 0.119. The highest BCUT2D eigenvalue weighted by Crippen LogP contribution is 2.15. The molecule has 114 valence electrons. The van der Waals surface area contributed by atoms with Gasteiger partial charge in [-0.1, -0.05) is 12.1 Å². The Morgan fingerprint density at radius 1 is 1.38 bits per heavy atom. The molecule has 2 aliphatic heterocycles. The Morgan fingerprint density at radius 3 is 2.86 bits per heavy atom. The molecule has 3 heterocycles. The third kappa shape index (κ3) is 3.24. The van der Waals surface area contributed by atoms with Gasteiger partial charge in [-0.05, 0) is 6.42 Å². The number of aromatic nitrogens is 2. The van der Waals surface area contributed by atoms with Crippen LogP contribution in [0.1, 0.15) is 19.8 Å². The Kier molecular flexibility index (Phi) is 4.19. The van der Waals surface area contributed by atoms with Crippen molar-refractivity contribution >= 4 is 11.5 Å². The molecule has 2 aliphatic rings. The zero-order valence-corrected chi connectivity index (χ0v) is 12.3. The monoisotopic (exact) mass is 291 g/mol. The van der Waals surface area contributed by atoms with Crippen LogP contribution in [0.15, 0.2) is 22.3 Å². The lowest BCUT2D eigenvalue weighted by Gasteiger charge is -2.35. The van der Waals surface area contributed by atoms with Gasteiger partial charge >= 0.3 is 0 Å². The number of hydrogen-bond acceptors (Lipinski definition) is 6. The third-order valence-electron chi connectivity index (χ3n) is 4.02. The van der Waals surface area contributed by atoms with E-state index in [2.05, 4.69) is 26.9 Å². The minimum atomic E-state index is -0.119. The van der Waals surface area contributed by atoms with Gasteiger partial charge in [0.2, 0.25) is 0 Å².